The van der Waals surface area contributed by atoms with Crippen molar-refractivity contribution in [2.24, 2.45) is 11.7 Å². The van der Waals surface area contributed by atoms with Crippen molar-refractivity contribution < 1.29 is 4.39 Å². The molecule has 1 aliphatic rings. The summed E-state index contributed by atoms with van der Waals surface area (Å²) in [6, 6.07) is 0. The molecule has 0 unspecified atom stereocenters. The summed E-state index contributed by atoms with van der Waals surface area (Å²) in [7, 11) is 2.19. The molecule has 1 saturated carbocycles. The van der Waals surface area contributed by atoms with E-state index in [1.165, 1.54) is 25.7 Å². The number of unbranched alkanes of at least 4 members (excludes halogenated alkanes) is 2. The largest absolute Gasteiger partial charge is 0.329 e. The molecule has 0 bridgehead atoms. The van der Waals surface area contributed by atoms with Crippen molar-refractivity contribution in [2.75, 3.05) is 26.8 Å². The minimum Gasteiger partial charge on any atom is -0.329 e. The van der Waals surface area contributed by atoms with Crippen LogP contribution in [-0.2, 0) is 0 Å². The minimum absolute atomic E-state index is 0.177. The fourth-order valence-electron chi connectivity index (χ4n) is 2.90. The van der Waals surface area contributed by atoms with Gasteiger partial charge in [-0.3, -0.25) is 9.29 Å². The number of alkyl halides is 1. The molecule has 0 radical (unpaired) electrons. The van der Waals surface area contributed by atoms with Gasteiger partial charge in [-0.1, -0.05) is 6.92 Å². The van der Waals surface area contributed by atoms with Gasteiger partial charge in [-0.05, 0) is 64.5 Å². The van der Waals surface area contributed by atoms with Crippen molar-refractivity contribution >= 4 is 0 Å². The molecule has 1 aliphatic carbocycles. The average Bonchev–Trinajstić information content (AvgIpc) is 2.36. The van der Waals surface area contributed by atoms with Crippen LogP contribution >= 0.6 is 0 Å². The van der Waals surface area contributed by atoms with Crippen LogP contribution in [0.25, 0.3) is 0 Å². The molecular formula is C14H29FN2. The Morgan fingerprint density at radius 2 is 1.88 bits per heavy atom. The van der Waals surface area contributed by atoms with Crippen molar-refractivity contribution in [3.63, 3.8) is 0 Å². The SMILES string of the molecule is CC1CCC(CN)(N(C)CCCCCF)CC1. The smallest absolute Gasteiger partial charge is 0.0894 e. The number of hydrogen-bond acceptors (Lipinski definition) is 2. The van der Waals surface area contributed by atoms with E-state index in [9.17, 15) is 4.39 Å². The number of likely N-dealkylation sites (N-methyl/N-ethyl adjacent to an activating group) is 1. The van der Waals surface area contributed by atoms with Crippen molar-refractivity contribution in [3.8, 4) is 0 Å². The van der Waals surface area contributed by atoms with E-state index in [2.05, 4.69) is 18.9 Å². The summed E-state index contributed by atoms with van der Waals surface area (Å²) >= 11 is 0. The van der Waals surface area contributed by atoms with E-state index in [1.807, 2.05) is 0 Å². The lowest BCUT2D eigenvalue weighted by Crippen LogP contribution is -2.54. The molecular weight excluding hydrogens is 215 g/mol. The van der Waals surface area contributed by atoms with E-state index in [4.69, 9.17) is 5.73 Å². The molecule has 2 N–H and O–H groups in total. The number of halogens is 1. The summed E-state index contributed by atoms with van der Waals surface area (Å²) in [6.45, 7) is 3.98. The second kappa shape index (κ2) is 7.32. The number of hydrogen-bond donors (Lipinski definition) is 1. The second-order valence-electron chi connectivity index (χ2n) is 5.78. The van der Waals surface area contributed by atoms with E-state index in [-0.39, 0.29) is 12.2 Å². The Labute approximate surface area is 106 Å². The monoisotopic (exact) mass is 244 g/mol. The first-order chi connectivity index (χ1) is 8.14. The first-order valence-electron chi connectivity index (χ1n) is 7.12. The van der Waals surface area contributed by atoms with Crippen molar-refractivity contribution in [2.45, 2.75) is 57.4 Å². The van der Waals surface area contributed by atoms with E-state index < -0.39 is 0 Å². The lowest BCUT2D eigenvalue weighted by Gasteiger charge is -2.45. The summed E-state index contributed by atoms with van der Waals surface area (Å²) in [6.07, 6.45) is 7.85. The molecule has 1 rings (SSSR count). The Morgan fingerprint density at radius 1 is 1.24 bits per heavy atom. The molecule has 3 heteroatoms. The van der Waals surface area contributed by atoms with E-state index >= 15 is 0 Å². The van der Waals surface area contributed by atoms with E-state index in [0.717, 1.165) is 31.8 Å². The third-order valence-electron chi connectivity index (χ3n) is 4.52. The summed E-state index contributed by atoms with van der Waals surface area (Å²) in [5, 5.41) is 0. The molecule has 0 aromatic rings. The molecule has 0 spiro atoms. The summed E-state index contributed by atoms with van der Waals surface area (Å²) < 4.78 is 12.0. The molecule has 0 aliphatic heterocycles. The maximum atomic E-state index is 12.0. The topological polar surface area (TPSA) is 29.3 Å². The van der Waals surface area contributed by atoms with Gasteiger partial charge >= 0.3 is 0 Å². The molecule has 2 nitrogen and oxygen atoms in total. The third kappa shape index (κ3) is 4.22. The highest BCUT2D eigenvalue weighted by Gasteiger charge is 2.36. The second-order valence-corrected chi connectivity index (χ2v) is 5.78. The van der Waals surface area contributed by atoms with Crippen molar-refractivity contribution in [3.05, 3.63) is 0 Å². The van der Waals surface area contributed by atoms with Crippen LogP contribution in [0.4, 0.5) is 4.39 Å². The standard InChI is InChI=1S/C14H29FN2/c1-13-6-8-14(12-16,9-7-13)17(2)11-5-3-4-10-15/h13H,3-12,16H2,1-2H3. The molecule has 1 fully saturated rings. The van der Waals surface area contributed by atoms with Gasteiger partial charge in [0.2, 0.25) is 0 Å². The average molecular weight is 244 g/mol. The first-order valence-corrected chi connectivity index (χ1v) is 7.12. The van der Waals surface area contributed by atoms with Crippen LogP contribution < -0.4 is 5.73 Å². The molecule has 0 aromatic heterocycles. The molecule has 0 amide bonds. The summed E-state index contributed by atoms with van der Waals surface area (Å²) in [5.74, 6) is 0.856. The number of nitrogens with two attached hydrogens (primary N) is 1. The van der Waals surface area contributed by atoms with Crippen LogP contribution in [0.2, 0.25) is 0 Å². The highest BCUT2D eigenvalue weighted by atomic mass is 19.1. The van der Waals surface area contributed by atoms with Crippen LogP contribution in [0.1, 0.15) is 51.9 Å². The fraction of sp³-hybridized carbons (Fsp3) is 1.00. The summed E-state index contributed by atoms with van der Waals surface area (Å²) in [4.78, 5) is 2.44. The van der Waals surface area contributed by atoms with Gasteiger partial charge in [0.1, 0.15) is 0 Å². The predicted molar refractivity (Wildman–Crippen MR) is 71.9 cm³/mol. The Bertz CT molecular complexity index is 200. The number of nitrogens with zero attached hydrogens (tertiary/aromatic N) is 1. The Hall–Kier alpha value is -0.150. The zero-order valence-electron chi connectivity index (χ0n) is 11.6. The normalized spacial score (nSPS) is 29.8. The van der Waals surface area contributed by atoms with Crippen molar-refractivity contribution in [1.82, 2.24) is 4.90 Å². The molecule has 0 atom stereocenters. The zero-order chi connectivity index (χ0) is 12.7. The molecule has 17 heavy (non-hydrogen) atoms. The van der Waals surface area contributed by atoms with Gasteiger partial charge in [-0.2, -0.15) is 0 Å². The maximum absolute atomic E-state index is 12.0. The van der Waals surface area contributed by atoms with Gasteiger partial charge in [0.05, 0.1) is 6.67 Å². The van der Waals surface area contributed by atoms with Crippen LogP contribution in [0.3, 0.4) is 0 Å². The number of rotatable bonds is 7. The van der Waals surface area contributed by atoms with Crippen molar-refractivity contribution in [1.29, 1.82) is 0 Å². The molecule has 0 aromatic carbocycles. The Morgan fingerprint density at radius 3 is 2.41 bits per heavy atom. The highest BCUT2D eigenvalue weighted by Crippen LogP contribution is 2.35. The van der Waals surface area contributed by atoms with Gasteiger partial charge in [0.15, 0.2) is 0 Å². The van der Waals surface area contributed by atoms with Crippen LogP contribution in [0, 0.1) is 5.92 Å². The van der Waals surface area contributed by atoms with Gasteiger partial charge in [-0.25, -0.2) is 0 Å². The molecule has 102 valence electrons. The highest BCUT2D eigenvalue weighted by molar-refractivity contribution is 4.94. The molecule has 0 saturated heterocycles. The first kappa shape index (κ1) is 14.9. The Balaban J connectivity index is 2.37. The zero-order valence-corrected chi connectivity index (χ0v) is 11.6. The third-order valence-corrected chi connectivity index (χ3v) is 4.52. The summed E-state index contributed by atoms with van der Waals surface area (Å²) in [5.41, 5.74) is 6.24. The van der Waals surface area contributed by atoms with Crippen LogP contribution in [0.5, 0.6) is 0 Å². The van der Waals surface area contributed by atoms with Crippen LogP contribution in [-0.4, -0.2) is 37.3 Å². The van der Waals surface area contributed by atoms with Crippen LogP contribution in [0.15, 0.2) is 0 Å². The van der Waals surface area contributed by atoms with Gasteiger partial charge in [-0.15, -0.1) is 0 Å². The van der Waals surface area contributed by atoms with E-state index in [0.29, 0.717) is 6.42 Å². The van der Waals surface area contributed by atoms with Gasteiger partial charge in [0.25, 0.3) is 0 Å². The lowest BCUT2D eigenvalue weighted by molar-refractivity contribution is 0.0663. The maximum Gasteiger partial charge on any atom is 0.0894 e. The molecule has 0 heterocycles. The van der Waals surface area contributed by atoms with Gasteiger partial charge < -0.3 is 5.73 Å². The fourth-order valence-corrected chi connectivity index (χ4v) is 2.90. The quantitative estimate of drug-likeness (QED) is 0.698. The van der Waals surface area contributed by atoms with E-state index in [1.54, 1.807) is 0 Å². The predicted octanol–water partition coefficient (Wildman–Crippen LogP) is 2.97. The lowest BCUT2D eigenvalue weighted by atomic mass is 9.76. The Kier molecular flexibility index (Phi) is 6.42. The minimum atomic E-state index is -0.177. The van der Waals surface area contributed by atoms with Gasteiger partial charge in [0, 0.05) is 12.1 Å².